The molecule has 0 spiro atoms. The molecule has 0 amide bonds. The molecule has 0 aliphatic carbocycles. The monoisotopic (exact) mass is 869 g/mol. The van der Waals surface area contributed by atoms with Gasteiger partial charge in [0, 0.05) is 19.3 Å². The van der Waals surface area contributed by atoms with Crippen molar-refractivity contribution in [1.29, 1.82) is 0 Å². The maximum atomic E-state index is 12.7. The first-order valence-corrected chi connectivity index (χ1v) is 24.8. The van der Waals surface area contributed by atoms with Gasteiger partial charge in [-0.1, -0.05) is 231 Å². The molecule has 0 aliphatic heterocycles. The lowest BCUT2D eigenvalue weighted by Crippen LogP contribution is -2.30. The summed E-state index contributed by atoms with van der Waals surface area (Å²) in [6.45, 7) is 6.22. The van der Waals surface area contributed by atoms with Crippen molar-refractivity contribution < 1.29 is 28.6 Å². The van der Waals surface area contributed by atoms with Gasteiger partial charge in [0.2, 0.25) is 0 Å². The normalized spacial score (nSPS) is 13.3. The van der Waals surface area contributed by atoms with Gasteiger partial charge in [-0.2, -0.15) is 0 Å². The molecular formula is C57H88O6. The van der Waals surface area contributed by atoms with E-state index in [9.17, 15) is 14.4 Å². The topological polar surface area (TPSA) is 78.9 Å². The van der Waals surface area contributed by atoms with E-state index in [1.165, 1.54) is 64.2 Å². The van der Waals surface area contributed by atoms with E-state index in [0.29, 0.717) is 25.7 Å². The van der Waals surface area contributed by atoms with Crippen molar-refractivity contribution in [3.8, 4) is 0 Å². The first-order chi connectivity index (χ1) is 31.0. The lowest BCUT2D eigenvalue weighted by atomic mass is 10.0. The van der Waals surface area contributed by atoms with Gasteiger partial charge in [0.05, 0.1) is 0 Å². The molecular weight excluding hydrogens is 781 g/mol. The van der Waals surface area contributed by atoms with Crippen LogP contribution in [0.5, 0.6) is 0 Å². The van der Waals surface area contributed by atoms with E-state index < -0.39 is 12.1 Å². The van der Waals surface area contributed by atoms with Crippen molar-refractivity contribution in [3.63, 3.8) is 0 Å². The summed E-state index contributed by atoms with van der Waals surface area (Å²) in [5, 5.41) is 0. The summed E-state index contributed by atoms with van der Waals surface area (Å²) in [7, 11) is 0. The Bertz CT molecular complexity index is 1420. The van der Waals surface area contributed by atoms with Crippen molar-refractivity contribution in [1.82, 2.24) is 0 Å². The van der Waals surface area contributed by atoms with Crippen LogP contribution in [-0.4, -0.2) is 37.2 Å². The van der Waals surface area contributed by atoms with Crippen LogP contribution in [0.25, 0.3) is 0 Å². The van der Waals surface area contributed by atoms with Crippen LogP contribution in [-0.2, 0) is 28.6 Å². The molecule has 0 aromatic carbocycles. The zero-order chi connectivity index (χ0) is 45.8. The summed E-state index contributed by atoms with van der Waals surface area (Å²) >= 11 is 0. The second-order valence-electron chi connectivity index (χ2n) is 15.7. The Labute approximate surface area is 385 Å². The van der Waals surface area contributed by atoms with Crippen LogP contribution >= 0.6 is 0 Å². The van der Waals surface area contributed by atoms with Crippen LogP contribution in [0.4, 0.5) is 0 Å². The maximum Gasteiger partial charge on any atom is 0.306 e. The van der Waals surface area contributed by atoms with E-state index in [0.717, 1.165) is 64.2 Å². The van der Waals surface area contributed by atoms with E-state index in [-0.39, 0.29) is 38.0 Å². The number of esters is 3. The fourth-order valence-corrected chi connectivity index (χ4v) is 6.14. The SMILES string of the molecule is CC/C=C/C=C/C=C/C=C/C=C/CCCC(=O)OC(COC(=O)CC/C=C/C/C=C/C/C=C/C/C=C/C/C=C/C/C=C/CC)COC(=O)CCCCCCCCCCCCCCC. The molecule has 1 unspecified atom stereocenters. The van der Waals surface area contributed by atoms with Crippen LogP contribution in [0.2, 0.25) is 0 Å². The van der Waals surface area contributed by atoms with Crippen molar-refractivity contribution in [3.05, 3.63) is 134 Å². The van der Waals surface area contributed by atoms with E-state index >= 15 is 0 Å². The van der Waals surface area contributed by atoms with Crippen LogP contribution in [0.3, 0.4) is 0 Å². The van der Waals surface area contributed by atoms with Crippen molar-refractivity contribution >= 4 is 17.9 Å². The van der Waals surface area contributed by atoms with Gasteiger partial charge in [0.1, 0.15) is 13.2 Å². The average molecular weight is 869 g/mol. The first-order valence-electron chi connectivity index (χ1n) is 24.8. The lowest BCUT2D eigenvalue weighted by Gasteiger charge is -2.18. The summed E-state index contributed by atoms with van der Waals surface area (Å²) in [5.74, 6) is -1.11. The molecule has 63 heavy (non-hydrogen) atoms. The summed E-state index contributed by atoms with van der Waals surface area (Å²) in [6, 6.07) is 0. The van der Waals surface area contributed by atoms with Gasteiger partial charge < -0.3 is 14.2 Å². The Hall–Kier alpha value is -4.45. The van der Waals surface area contributed by atoms with Crippen molar-refractivity contribution in [2.24, 2.45) is 0 Å². The van der Waals surface area contributed by atoms with E-state index in [4.69, 9.17) is 14.2 Å². The molecule has 0 saturated carbocycles. The highest BCUT2D eigenvalue weighted by Crippen LogP contribution is 2.14. The van der Waals surface area contributed by atoms with Gasteiger partial charge >= 0.3 is 17.9 Å². The third-order valence-electron chi connectivity index (χ3n) is 9.79. The first kappa shape index (κ1) is 58.6. The maximum absolute atomic E-state index is 12.7. The number of ether oxygens (including phenoxy) is 3. The zero-order valence-electron chi connectivity index (χ0n) is 40.0. The second kappa shape index (κ2) is 50.2. The van der Waals surface area contributed by atoms with E-state index in [1.807, 2.05) is 66.8 Å². The fourth-order valence-electron chi connectivity index (χ4n) is 6.14. The standard InChI is InChI=1S/C57H88O6/c1-4-7-10-13-16-19-22-25-26-27-28-29-30-33-35-38-41-44-47-50-56(59)62-53-54(63-57(60)51-48-45-42-39-36-32-24-21-18-15-12-9-6-3)52-61-55(58)49-46-43-40-37-34-31-23-20-17-14-11-8-5-2/h7,9-10,12,15-16,18-19,21,24-26,28-29,32-33,35-36,39,41-42,44,54H,4-6,8,11,13-14,17,20,22-23,27,30-31,34,37-38,40,43,45-53H2,1-3H3/b10-7+,12-9+,18-15+,19-16+,24-21+,26-25+,29-28+,35-33+,36-32+,42-39+,44-41+. The van der Waals surface area contributed by atoms with Gasteiger partial charge in [0.15, 0.2) is 6.10 Å². The van der Waals surface area contributed by atoms with Gasteiger partial charge in [-0.15, -0.1) is 0 Å². The van der Waals surface area contributed by atoms with Gasteiger partial charge in [0.25, 0.3) is 0 Å². The molecule has 352 valence electrons. The van der Waals surface area contributed by atoms with Crippen LogP contribution in [0.15, 0.2) is 134 Å². The van der Waals surface area contributed by atoms with Gasteiger partial charge in [-0.3, -0.25) is 14.4 Å². The molecule has 0 rings (SSSR count). The minimum Gasteiger partial charge on any atom is -0.462 e. The van der Waals surface area contributed by atoms with Gasteiger partial charge in [-0.25, -0.2) is 0 Å². The Morgan fingerprint density at radius 2 is 0.730 bits per heavy atom. The molecule has 6 nitrogen and oxygen atoms in total. The van der Waals surface area contributed by atoms with E-state index in [1.54, 1.807) is 0 Å². The Morgan fingerprint density at radius 1 is 0.349 bits per heavy atom. The molecule has 0 heterocycles. The Kier molecular flexibility index (Phi) is 46.7. The number of carbonyl (C=O) groups is 3. The minimum atomic E-state index is -0.848. The molecule has 0 aliphatic rings. The largest absolute Gasteiger partial charge is 0.462 e. The smallest absolute Gasteiger partial charge is 0.306 e. The highest BCUT2D eigenvalue weighted by molar-refractivity contribution is 5.71. The van der Waals surface area contributed by atoms with Crippen LogP contribution in [0.1, 0.15) is 188 Å². The predicted octanol–water partition coefficient (Wildman–Crippen LogP) is 16.3. The highest BCUT2D eigenvalue weighted by atomic mass is 16.6. The zero-order valence-corrected chi connectivity index (χ0v) is 40.0. The summed E-state index contributed by atoms with van der Waals surface area (Å²) in [5.41, 5.74) is 0. The van der Waals surface area contributed by atoms with Crippen molar-refractivity contribution in [2.75, 3.05) is 13.2 Å². The predicted molar refractivity (Wildman–Crippen MR) is 269 cm³/mol. The summed E-state index contributed by atoms with van der Waals surface area (Å²) in [6.07, 6.45) is 70.3. The fraction of sp³-hybridized carbons (Fsp3) is 0.561. The molecule has 0 aromatic rings. The summed E-state index contributed by atoms with van der Waals surface area (Å²) in [4.78, 5) is 37.8. The molecule has 1 atom stereocenters. The lowest BCUT2D eigenvalue weighted by molar-refractivity contribution is -0.166. The van der Waals surface area contributed by atoms with Crippen molar-refractivity contribution in [2.45, 2.75) is 194 Å². The van der Waals surface area contributed by atoms with Crippen LogP contribution in [0, 0.1) is 0 Å². The molecule has 0 bridgehead atoms. The molecule has 6 heteroatoms. The molecule has 0 N–H and O–H groups in total. The number of hydrogen-bond acceptors (Lipinski definition) is 6. The molecule has 0 saturated heterocycles. The number of unbranched alkanes of at least 4 members (excludes halogenated alkanes) is 13. The number of allylic oxidation sites excluding steroid dienone is 22. The minimum absolute atomic E-state index is 0.133. The average Bonchev–Trinajstić information content (AvgIpc) is 3.28. The molecule has 0 aromatic heterocycles. The third-order valence-corrected chi connectivity index (χ3v) is 9.79. The quantitative estimate of drug-likeness (QED) is 0.0200. The Morgan fingerprint density at radius 3 is 1.21 bits per heavy atom. The second-order valence-corrected chi connectivity index (χ2v) is 15.7. The number of hydrogen-bond donors (Lipinski definition) is 0. The van der Waals surface area contributed by atoms with E-state index in [2.05, 4.69) is 87.6 Å². The molecule has 0 radical (unpaired) electrons. The highest BCUT2D eigenvalue weighted by Gasteiger charge is 2.19. The third kappa shape index (κ3) is 48.4. The molecule has 0 fully saturated rings. The van der Waals surface area contributed by atoms with Crippen LogP contribution < -0.4 is 0 Å². The van der Waals surface area contributed by atoms with Gasteiger partial charge in [-0.05, 0) is 70.6 Å². The number of rotatable bonds is 42. The number of carbonyl (C=O) groups excluding carboxylic acids is 3. The summed E-state index contributed by atoms with van der Waals surface area (Å²) < 4.78 is 16.6. The Balaban J connectivity index is 4.61.